The standard InChI is InChI=1S/C30H56N7O3P/c1-2-40-41(38,39)22-21-36-17-19-37(20-18-36)30-23-28(31)34-29(35-30)14-13-25-9-11-26(12-10-25)24-32-15-6-16-33-27-7-4-3-5-8-27/h23,25-27,32-33H,2-22,24H2,1H3,(H,38,39)(H2,31,34,35). The van der Waals surface area contributed by atoms with Crippen LogP contribution in [0.2, 0.25) is 0 Å². The molecule has 3 aliphatic rings. The molecule has 1 aromatic rings. The number of rotatable bonds is 16. The molecule has 41 heavy (non-hydrogen) atoms. The largest absolute Gasteiger partial charge is 0.384 e. The van der Waals surface area contributed by atoms with Crippen molar-refractivity contribution in [3.05, 3.63) is 11.9 Å². The molecule has 11 heteroatoms. The predicted molar refractivity (Wildman–Crippen MR) is 168 cm³/mol. The average molecular weight is 594 g/mol. The third-order valence-electron chi connectivity index (χ3n) is 9.25. The van der Waals surface area contributed by atoms with Crippen molar-refractivity contribution in [2.75, 3.05) is 75.8 Å². The summed E-state index contributed by atoms with van der Waals surface area (Å²) in [5.41, 5.74) is 6.19. The zero-order valence-corrected chi connectivity index (χ0v) is 26.3. The van der Waals surface area contributed by atoms with E-state index in [0.717, 1.165) is 88.2 Å². The minimum absolute atomic E-state index is 0.169. The number of nitrogens with zero attached hydrogens (tertiary/aromatic N) is 4. The van der Waals surface area contributed by atoms with Crippen molar-refractivity contribution >= 4 is 19.2 Å². The molecule has 10 nitrogen and oxygen atoms in total. The summed E-state index contributed by atoms with van der Waals surface area (Å²) in [5, 5.41) is 7.47. The molecule has 0 aromatic carbocycles. The molecule has 0 bridgehead atoms. The summed E-state index contributed by atoms with van der Waals surface area (Å²) in [4.78, 5) is 23.8. The zero-order chi connectivity index (χ0) is 28.9. The van der Waals surface area contributed by atoms with Crippen molar-refractivity contribution in [2.24, 2.45) is 11.8 Å². The number of nitrogen functional groups attached to an aromatic ring is 1. The van der Waals surface area contributed by atoms with Gasteiger partial charge in [0.15, 0.2) is 0 Å². The Morgan fingerprint density at radius 1 is 1.02 bits per heavy atom. The fraction of sp³-hybridized carbons (Fsp3) is 0.867. The number of aromatic nitrogens is 2. The van der Waals surface area contributed by atoms with Crippen LogP contribution < -0.4 is 21.3 Å². The van der Waals surface area contributed by atoms with Gasteiger partial charge in [-0.25, -0.2) is 9.97 Å². The van der Waals surface area contributed by atoms with E-state index in [9.17, 15) is 9.46 Å². The molecule has 5 N–H and O–H groups in total. The first-order valence-electron chi connectivity index (χ1n) is 16.4. The predicted octanol–water partition coefficient (Wildman–Crippen LogP) is 4.04. The number of nitrogens with two attached hydrogens (primary N) is 1. The van der Waals surface area contributed by atoms with Gasteiger partial charge in [-0.2, -0.15) is 0 Å². The number of hydrogen-bond donors (Lipinski definition) is 4. The highest BCUT2D eigenvalue weighted by Crippen LogP contribution is 2.41. The number of hydrogen-bond acceptors (Lipinski definition) is 9. The summed E-state index contributed by atoms with van der Waals surface area (Å²) in [6.07, 6.45) is 15.6. The Morgan fingerprint density at radius 3 is 2.49 bits per heavy atom. The van der Waals surface area contributed by atoms with Gasteiger partial charge >= 0.3 is 7.60 Å². The van der Waals surface area contributed by atoms with E-state index in [1.165, 1.54) is 64.2 Å². The van der Waals surface area contributed by atoms with Gasteiger partial charge in [-0.05, 0) is 76.9 Å². The van der Waals surface area contributed by atoms with E-state index < -0.39 is 7.60 Å². The first-order chi connectivity index (χ1) is 19.9. The Bertz CT molecular complexity index is 933. The third kappa shape index (κ3) is 11.7. The van der Waals surface area contributed by atoms with Gasteiger partial charge in [-0.1, -0.05) is 32.1 Å². The Hall–Kier alpha value is -1.29. The molecule has 1 aromatic heterocycles. The molecule has 2 heterocycles. The molecule has 234 valence electrons. The van der Waals surface area contributed by atoms with Gasteiger partial charge in [0.25, 0.3) is 0 Å². The van der Waals surface area contributed by atoms with E-state index in [-0.39, 0.29) is 12.8 Å². The lowest BCUT2D eigenvalue weighted by Crippen LogP contribution is -2.47. The van der Waals surface area contributed by atoms with Crippen LogP contribution in [0.4, 0.5) is 11.6 Å². The monoisotopic (exact) mass is 593 g/mol. The summed E-state index contributed by atoms with van der Waals surface area (Å²) >= 11 is 0. The lowest BCUT2D eigenvalue weighted by Gasteiger charge is -2.35. The second-order valence-corrected chi connectivity index (χ2v) is 14.4. The van der Waals surface area contributed by atoms with Crippen molar-refractivity contribution in [2.45, 2.75) is 90.0 Å². The van der Waals surface area contributed by atoms with Gasteiger partial charge in [0, 0.05) is 51.3 Å². The number of piperazine rings is 1. The molecule has 0 radical (unpaired) electrons. The Balaban J connectivity index is 1.09. The number of aryl methyl sites for hydroxylation is 1. The van der Waals surface area contributed by atoms with Crippen molar-refractivity contribution in [3.63, 3.8) is 0 Å². The quantitative estimate of drug-likeness (QED) is 0.165. The zero-order valence-electron chi connectivity index (χ0n) is 25.4. The molecule has 0 amide bonds. The highest BCUT2D eigenvalue weighted by molar-refractivity contribution is 7.52. The second kappa shape index (κ2) is 17.1. The Kier molecular flexibility index (Phi) is 13.6. The molecular weight excluding hydrogens is 537 g/mol. The second-order valence-electron chi connectivity index (χ2n) is 12.4. The maximum absolute atomic E-state index is 12.0. The molecule has 3 fully saturated rings. The van der Waals surface area contributed by atoms with Gasteiger partial charge in [-0.3, -0.25) is 9.46 Å². The first-order valence-corrected chi connectivity index (χ1v) is 18.2. The van der Waals surface area contributed by atoms with E-state index in [1.807, 2.05) is 6.07 Å². The van der Waals surface area contributed by atoms with Crippen LogP contribution in [0.1, 0.15) is 83.4 Å². The molecule has 1 unspecified atom stereocenters. The van der Waals surface area contributed by atoms with Crippen LogP contribution >= 0.6 is 7.60 Å². The van der Waals surface area contributed by atoms with Crippen molar-refractivity contribution in [1.29, 1.82) is 0 Å². The third-order valence-corrected chi connectivity index (χ3v) is 10.7. The van der Waals surface area contributed by atoms with Crippen LogP contribution in [0.3, 0.4) is 0 Å². The van der Waals surface area contributed by atoms with Gasteiger partial charge in [0.05, 0.1) is 12.8 Å². The summed E-state index contributed by atoms with van der Waals surface area (Å²) < 4.78 is 17.0. The molecule has 1 aliphatic heterocycles. The normalized spacial score (nSPS) is 24.4. The van der Waals surface area contributed by atoms with Crippen LogP contribution in [0.25, 0.3) is 0 Å². The van der Waals surface area contributed by atoms with Crippen LogP contribution in [0.5, 0.6) is 0 Å². The van der Waals surface area contributed by atoms with E-state index >= 15 is 0 Å². The maximum Gasteiger partial charge on any atom is 0.329 e. The van der Waals surface area contributed by atoms with Crippen molar-refractivity contribution < 1.29 is 14.0 Å². The van der Waals surface area contributed by atoms with Crippen LogP contribution in [-0.4, -0.2) is 90.9 Å². The SMILES string of the molecule is CCOP(=O)(O)CCN1CCN(c2cc(N)nc(CCC3CCC(CNCCCNC4CCCCC4)CC3)n2)CC1. The summed E-state index contributed by atoms with van der Waals surface area (Å²) in [6.45, 7) is 9.28. The smallest absolute Gasteiger partial charge is 0.329 e. The van der Waals surface area contributed by atoms with E-state index in [0.29, 0.717) is 12.4 Å². The highest BCUT2D eigenvalue weighted by Gasteiger charge is 2.25. The topological polar surface area (TPSA) is 129 Å². The first kappa shape index (κ1) is 32.6. The van der Waals surface area contributed by atoms with Gasteiger partial charge < -0.3 is 30.7 Å². The molecule has 1 atom stereocenters. The molecule has 4 rings (SSSR count). The summed E-state index contributed by atoms with van der Waals surface area (Å²) in [5.74, 6) is 3.86. The molecule has 2 aliphatic carbocycles. The number of anilines is 2. The fourth-order valence-corrected chi connectivity index (χ4v) is 7.77. The fourth-order valence-electron chi connectivity index (χ4n) is 6.70. The Morgan fingerprint density at radius 2 is 1.76 bits per heavy atom. The van der Waals surface area contributed by atoms with Crippen LogP contribution in [0, 0.1) is 11.8 Å². The molecule has 0 spiro atoms. The van der Waals surface area contributed by atoms with Gasteiger partial charge in [-0.15, -0.1) is 0 Å². The van der Waals surface area contributed by atoms with E-state index in [4.69, 9.17) is 15.2 Å². The van der Waals surface area contributed by atoms with Crippen LogP contribution in [-0.2, 0) is 15.5 Å². The molecule has 2 saturated carbocycles. The van der Waals surface area contributed by atoms with E-state index in [1.54, 1.807) is 6.92 Å². The van der Waals surface area contributed by atoms with Crippen molar-refractivity contribution in [1.82, 2.24) is 25.5 Å². The molecular formula is C30H56N7O3P. The van der Waals surface area contributed by atoms with E-state index in [2.05, 4.69) is 25.4 Å². The summed E-state index contributed by atoms with van der Waals surface area (Å²) in [6, 6.07) is 2.65. The highest BCUT2D eigenvalue weighted by atomic mass is 31.2. The summed E-state index contributed by atoms with van der Waals surface area (Å²) in [7, 11) is -3.48. The Labute approximate surface area is 248 Å². The lowest BCUT2D eigenvalue weighted by molar-refractivity contribution is 0.245. The van der Waals surface area contributed by atoms with Crippen LogP contribution in [0.15, 0.2) is 6.07 Å². The van der Waals surface area contributed by atoms with Gasteiger partial charge in [0.2, 0.25) is 0 Å². The number of nitrogens with one attached hydrogen (secondary N) is 2. The maximum atomic E-state index is 12.0. The van der Waals surface area contributed by atoms with Gasteiger partial charge in [0.1, 0.15) is 17.5 Å². The average Bonchev–Trinajstić information content (AvgIpc) is 2.98. The molecule has 1 saturated heterocycles. The minimum atomic E-state index is -3.48. The van der Waals surface area contributed by atoms with Crippen molar-refractivity contribution in [3.8, 4) is 0 Å². The lowest BCUT2D eigenvalue weighted by atomic mass is 9.80. The minimum Gasteiger partial charge on any atom is -0.384 e.